The summed E-state index contributed by atoms with van der Waals surface area (Å²) < 4.78 is 44.6. The second-order valence-electron chi connectivity index (χ2n) is 8.11. The number of methoxy groups -OCH3 is 1. The summed E-state index contributed by atoms with van der Waals surface area (Å²) in [6.45, 7) is 4.07. The van der Waals surface area contributed by atoms with Gasteiger partial charge in [-0.1, -0.05) is 37.6 Å². The number of carbonyl (C=O) groups excluding carboxylic acids is 4. The first-order chi connectivity index (χ1) is 16.7. The normalized spacial score (nSPS) is 13.9. The van der Waals surface area contributed by atoms with Gasteiger partial charge in [0.05, 0.1) is 22.4 Å². The molecule has 3 atom stereocenters. The smallest absolute Gasteiger partial charge is 0.452 e. The number of ether oxygens (including phenoxy) is 1. The summed E-state index contributed by atoms with van der Waals surface area (Å²) in [5.41, 5.74) is 0.215. The van der Waals surface area contributed by atoms with Crippen LogP contribution in [0.1, 0.15) is 42.0 Å². The predicted molar refractivity (Wildman–Crippen MR) is 128 cm³/mol. The summed E-state index contributed by atoms with van der Waals surface area (Å²) >= 11 is 6.83. The van der Waals surface area contributed by atoms with E-state index < -0.39 is 53.7 Å². The second kappa shape index (κ2) is 12.2. The van der Waals surface area contributed by atoms with E-state index in [1.807, 2.05) is 0 Å². The van der Waals surface area contributed by atoms with Crippen molar-refractivity contribution >= 4 is 46.4 Å². The number of amides is 3. The Morgan fingerprint density at radius 3 is 2.00 bits per heavy atom. The minimum Gasteiger partial charge on any atom is -0.497 e. The average molecular weight is 548 g/mol. The van der Waals surface area contributed by atoms with Crippen molar-refractivity contribution in [2.75, 3.05) is 7.11 Å². The van der Waals surface area contributed by atoms with E-state index in [-0.39, 0.29) is 10.4 Å². The van der Waals surface area contributed by atoms with Crippen LogP contribution in [-0.4, -0.2) is 48.9 Å². The van der Waals surface area contributed by atoms with Crippen LogP contribution < -0.4 is 20.7 Å². The van der Waals surface area contributed by atoms with Gasteiger partial charge in [0.1, 0.15) is 17.8 Å². The predicted octanol–water partition coefficient (Wildman–Crippen LogP) is 3.66. The number of thiophene rings is 1. The topological polar surface area (TPSA) is 114 Å². The Morgan fingerprint density at radius 1 is 0.917 bits per heavy atom. The van der Waals surface area contributed by atoms with E-state index in [0.717, 1.165) is 11.3 Å². The number of carbonyl (C=O) groups is 4. The van der Waals surface area contributed by atoms with Crippen LogP contribution in [0.25, 0.3) is 0 Å². The molecule has 3 N–H and O–H groups in total. The van der Waals surface area contributed by atoms with E-state index in [0.29, 0.717) is 10.1 Å². The van der Waals surface area contributed by atoms with Crippen LogP contribution in [0.2, 0.25) is 4.34 Å². The van der Waals surface area contributed by atoms with Crippen LogP contribution in [0.15, 0.2) is 36.4 Å². The molecule has 3 amide bonds. The molecule has 1 aromatic carbocycles. The van der Waals surface area contributed by atoms with E-state index in [2.05, 4.69) is 16.0 Å². The van der Waals surface area contributed by atoms with Gasteiger partial charge < -0.3 is 20.7 Å². The Bertz CT molecular complexity index is 1110. The standard InChI is InChI=1S/C23H25ClF3N3O5S/c1-11(2)17(19(31)23(25,26)27)29-22(34)18(13-5-7-14(35-4)8-6-13)30-20(32)12(3)28-21(33)15-9-10-16(24)36-15/h5-12,17-18H,1-4H3,(H,28,33)(H,29,34)(H,30,32)/t12-,17-,18?/m0/s1. The van der Waals surface area contributed by atoms with E-state index in [1.54, 1.807) is 0 Å². The molecular weight excluding hydrogens is 523 g/mol. The molecule has 0 saturated carbocycles. The van der Waals surface area contributed by atoms with Crippen molar-refractivity contribution < 1.29 is 37.1 Å². The quantitative estimate of drug-likeness (QED) is 0.420. The van der Waals surface area contributed by atoms with Crippen LogP contribution in [-0.2, 0) is 14.4 Å². The van der Waals surface area contributed by atoms with Gasteiger partial charge in [0.15, 0.2) is 0 Å². The fourth-order valence-electron chi connectivity index (χ4n) is 3.08. The van der Waals surface area contributed by atoms with Crippen LogP contribution in [0.3, 0.4) is 0 Å². The summed E-state index contributed by atoms with van der Waals surface area (Å²) in [5.74, 6) is -4.95. The SMILES string of the molecule is COc1ccc(C(NC(=O)[C@H](C)NC(=O)c2ccc(Cl)s2)C(=O)N[C@H](C(=O)C(F)(F)F)C(C)C)cc1. The molecule has 13 heteroatoms. The maximum absolute atomic E-state index is 13.1. The van der Waals surface area contributed by atoms with Crippen molar-refractivity contribution in [1.82, 2.24) is 16.0 Å². The van der Waals surface area contributed by atoms with Gasteiger partial charge in [-0.05, 0) is 42.7 Å². The number of benzene rings is 1. The summed E-state index contributed by atoms with van der Waals surface area (Å²) in [4.78, 5) is 50.4. The third kappa shape index (κ3) is 7.69. The van der Waals surface area contributed by atoms with Crippen molar-refractivity contribution in [3.63, 3.8) is 0 Å². The highest BCUT2D eigenvalue weighted by Crippen LogP contribution is 2.24. The minimum absolute atomic E-state index is 0.215. The highest BCUT2D eigenvalue weighted by atomic mass is 35.5. The zero-order valence-corrected chi connectivity index (χ0v) is 21.3. The molecule has 0 aliphatic rings. The molecule has 1 unspecified atom stereocenters. The Labute approximate surface area is 214 Å². The Morgan fingerprint density at radius 2 is 1.53 bits per heavy atom. The number of Topliss-reactive ketones (excluding diaryl/α,β-unsaturated/α-hetero) is 1. The summed E-state index contributed by atoms with van der Waals surface area (Å²) in [6, 6.07) is 4.41. The number of alkyl halides is 3. The van der Waals surface area contributed by atoms with Crippen LogP contribution in [0, 0.1) is 5.92 Å². The van der Waals surface area contributed by atoms with E-state index >= 15 is 0 Å². The van der Waals surface area contributed by atoms with Gasteiger partial charge in [0.25, 0.3) is 11.7 Å². The van der Waals surface area contributed by atoms with Crippen LogP contribution in [0.5, 0.6) is 5.75 Å². The lowest BCUT2D eigenvalue weighted by atomic mass is 9.97. The first kappa shape index (κ1) is 29.1. The monoisotopic (exact) mass is 547 g/mol. The zero-order chi connectivity index (χ0) is 27.2. The van der Waals surface area contributed by atoms with Crippen molar-refractivity contribution in [1.29, 1.82) is 0 Å². The maximum atomic E-state index is 13.1. The molecule has 0 fully saturated rings. The largest absolute Gasteiger partial charge is 0.497 e. The lowest BCUT2D eigenvalue weighted by molar-refractivity contribution is -0.175. The van der Waals surface area contributed by atoms with E-state index in [1.165, 1.54) is 64.3 Å². The van der Waals surface area contributed by atoms with Crippen molar-refractivity contribution in [2.24, 2.45) is 5.92 Å². The molecule has 0 aliphatic carbocycles. The minimum atomic E-state index is -5.16. The van der Waals surface area contributed by atoms with Gasteiger partial charge in [0, 0.05) is 0 Å². The van der Waals surface area contributed by atoms with Crippen molar-refractivity contribution in [3.05, 3.63) is 51.2 Å². The zero-order valence-electron chi connectivity index (χ0n) is 19.7. The lowest BCUT2D eigenvalue weighted by Crippen LogP contribution is -2.54. The fourth-order valence-corrected chi connectivity index (χ4v) is 4.03. The molecule has 0 spiro atoms. The van der Waals surface area contributed by atoms with Crippen molar-refractivity contribution in [2.45, 2.75) is 45.1 Å². The molecule has 36 heavy (non-hydrogen) atoms. The molecule has 2 rings (SSSR count). The molecule has 0 radical (unpaired) electrons. The fraction of sp³-hybridized carbons (Fsp3) is 0.391. The molecular formula is C23H25ClF3N3O5S. The molecule has 1 heterocycles. The maximum Gasteiger partial charge on any atom is 0.452 e. The van der Waals surface area contributed by atoms with Gasteiger partial charge in [0.2, 0.25) is 11.8 Å². The lowest BCUT2D eigenvalue weighted by Gasteiger charge is -2.26. The molecule has 2 aromatic rings. The Hall–Kier alpha value is -3.12. The summed E-state index contributed by atoms with van der Waals surface area (Å²) in [6.07, 6.45) is -5.16. The molecule has 0 aliphatic heterocycles. The van der Waals surface area contributed by atoms with Gasteiger partial charge in [-0.2, -0.15) is 13.2 Å². The third-order valence-electron chi connectivity index (χ3n) is 5.06. The van der Waals surface area contributed by atoms with Gasteiger partial charge in [-0.15, -0.1) is 11.3 Å². The Kier molecular flexibility index (Phi) is 9.88. The highest BCUT2D eigenvalue weighted by Gasteiger charge is 2.45. The first-order valence-corrected chi connectivity index (χ1v) is 11.9. The second-order valence-corrected chi connectivity index (χ2v) is 9.82. The number of rotatable bonds is 10. The number of hydrogen-bond acceptors (Lipinski definition) is 6. The highest BCUT2D eigenvalue weighted by molar-refractivity contribution is 7.18. The Balaban J connectivity index is 2.26. The molecule has 8 nitrogen and oxygen atoms in total. The number of hydrogen-bond donors (Lipinski definition) is 3. The van der Waals surface area contributed by atoms with Gasteiger partial charge in [-0.25, -0.2) is 0 Å². The van der Waals surface area contributed by atoms with Crippen LogP contribution >= 0.6 is 22.9 Å². The number of nitrogens with one attached hydrogen (secondary N) is 3. The van der Waals surface area contributed by atoms with E-state index in [9.17, 15) is 32.3 Å². The summed E-state index contributed by atoms with van der Waals surface area (Å²) in [5, 5.41) is 7.01. The molecule has 0 bridgehead atoms. The number of ketones is 1. The van der Waals surface area contributed by atoms with Crippen molar-refractivity contribution in [3.8, 4) is 5.75 Å². The molecule has 0 saturated heterocycles. The molecule has 1 aromatic heterocycles. The third-order valence-corrected chi connectivity index (χ3v) is 6.29. The summed E-state index contributed by atoms with van der Waals surface area (Å²) in [7, 11) is 1.42. The molecule has 196 valence electrons. The van der Waals surface area contributed by atoms with E-state index in [4.69, 9.17) is 16.3 Å². The van der Waals surface area contributed by atoms with Gasteiger partial charge in [-0.3, -0.25) is 19.2 Å². The average Bonchev–Trinajstić information content (AvgIpc) is 3.25. The first-order valence-electron chi connectivity index (χ1n) is 10.7. The van der Waals surface area contributed by atoms with Crippen LogP contribution in [0.4, 0.5) is 13.2 Å². The number of halogens is 4. The van der Waals surface area contributed by atoms with Gasteiger partial charge >= 0.3 is 6.18 Å².